The summed E-state index contributed by atoms with van der Waals surface area (Å²) in [5, 5.41) is 5.45. The first-order valence-corrected chi connectivity index (χ1v) is 9.32. The Morgan fingerprint density at radius 3 is 1.60 bits per heavy atom. The number of halogens is 2. The Labute approximate surface area is 172 Å². The molecule has 0 spiro atoms. The molecule has 0 bridgehead atoms. The lowest BCUT2D eigenvalue weighted by atomic mass is 10.1. The first kappa shape index (κ1) is 21.0. The van der Waals surface area contributed by atoms with Crippen molar-refractivity contribution >= 4 is 11.8 Å². The summed E-state index contributed by atoms with van der Waals surface area (Å²) in [6, 6.07) is 17.0. The van der Waals surface area contributed by atoms with E-state index in [1.54, 1.807) is 24.3 Å². The minimum Gasteiger partial charge on any atom is -0.494 e. The first-order chi connectivity index (χ1) is 14.5. The lowest BCUT2D eigenvalue weighted by molar-refractivity contribution is 0.0883. The number of hydrogen-bond donors (Lipinski definition) is 2. The molecule has 3 aromatic rings. The van der Waals surface area contributed by atoms with Gasteiger partial charge in [0, 0.05) is 11.1 Å². The van der Waals surface area contributed by atoms with Gasteiger partial charge in [0.05, 0.1) is 6.61 Å². The topological polar surface area (TPSA) is 67.4 Å². The van der Waals surface area contributed by atoms with Gasteiger partial charge >= 0.3 is 0 Å². The standard InChI is InChI=1S/C23H20F2N2O3/c1-2-30-20-13-7-15(8-14-20)21(26-22(28)16-3-9-18(24)10-4-16)27-23(29)17-5-11-19(25)12-6-17/h3-14,21H,2H2,1H3,(H,26,28)(H,27,29). The third kappa shape index (κ3) is 5.41. The Bertz CT molecular complexity index is 945. The molecule has 0 saturated carbocycles. The predicted octanol–water partition coefficient (Wildman–Crippen LogP) is 4.22. The zero-order chi connectivity index (χ0) is 21.5. The van der Waals surface area contributed by atoms with Crippen molar-refractivity contribution in [2.24, 2.45) is 0 Å². The van der Waals surface area contributed by atoms with Crippen LogP contribution in [0.5, 0.6) is 5.75 Å². The maximum Gasteiger partial charge on any atom is 0.253 e. The Morgan fingerprint density at radius 2 is 1.20 bits per heavy atom. The number of hydrogen-bond acceptors (Lipinski definition) is 3. The average Bonchev–Trinajstić information content (AvgIpc) is 2.75. The largest absolute Gasteiger partial charge is 0.494 e. The predicted molar refractivity (Wildman–Crippen MR) is 108 cm³/mol. The summed E-state index contributed by atoms with van der Waals surface area (Å²) in [5.74, 6) is -1.25. The van der Waals surface area contributed by atoms with Crippen molar-refractivity contribution in [2.75, 3.05) is 6.61 Å². The van der Waals surface area contributed by atoms with Gasteiger partial charge in [-0.05, 0) is 73.2 Å². The molecule has 0 aliphatic heterocycles. The van der Waals surface area contributed by atoms with Gasteiger partial charge < -0.3 is 15.4 Å². The molecular weight excluding hydrogens is 390 g/mol. The molecule has 2 N–H and O–H groups in total. The molecule has 0 heterocycles. The molecular formula is C23H20F2N2O3. The van der Waals surface area contributed by atoms with Crippen LogP contribution in [-0.2, 0) is 0 Å². The smallest absolute Gasteiger partial charge is 0.253 e. The van der Waals surface area contributed by atoms with Gasteiger partial charge in [0.15, 0.2) is 0 Å². The summed E-state index contributed by atoms with van der Waals surface area (Å²) < 4.78 is 31.7. The van der Waals surface area contributed by atoms with Gasteiger partial charge in [-0.15, -0.1) is 0 Å². The van der Waals surface area contributed by atoms with E-state index in [1.165, 1.54) is 48.5 Å². The van der Waals surface area contributed by atoms with E-state index in [1.807, 2.05) is 6.92 Å². The highest BCUT2D eigenvalue weighted by atomic mass is 19.1. The van der Waals surface area contributed by atoms with Crippen LogP contribution < -0.4 is 15.4 Å². The Kier molecular flexibility index (Phi) is 6.75. The van der Waals surface area contributed by atoms with Crippen molar-refractivity contribution < 1.29 is 23.1 Å². The second kappa shape index (κ2) is 9.65. The fourth-order valence-corrected chi connectivity index (χ4v) is 2.76. The van der Waals surface area contributed by atoms with Crippen LogP contribution in [0, 0.1) is 11.6 Å². The second-order valence-electron chi connectivity index (χ2n) is 6.40. The molecule has 0 aliphatic rings. The van der Waals surface area contributed by atoms with E-state index in [2.05, 4.69) is 10.6 Å². The van der Waals surface area contributed by atoms with Gasteiger partial charge in [0.2, 0.25) is 0 Å². The van der Waals surface area contributed by atoms with Crippen LogP contribution in [0.4, 0.5) is 8.78 Å². The van der Waals surface area contributed by atoms with Gasteiger partial charge in [-0.2, -0.15) is 0 Å². The molecule has 0 fully saturated rings. The van der Waals surface area contributed by atoms with Crippen molar-refractivity contribution in [1.82, 2.24) is 10.6 Å². The Balaban J connectivity index is 1.83. The molecule has 30 heavy (non-hydrogen) atoms. The normalized spacial score (nSPS) is 10.5. The number of benzene rings is 3. The van der Waals surface area contributed by atoms with Crippen LogP contribution in [0.15, 0.2) is 72.8 Å². The van der Waals surface area contributed by atoms with Crippen molar-refractivity contribution in [3.8, 4) is 5.75 Å². The molecule has 0 atom stereocenters. The van der Waals surface area contributed by atoms with Gasteiger partial charge in [0.25, 0.3) is 11.8 Å². The molecule has 3 rings (SSSR count). The molecule has 7 heteroatoms. The number of carbonyl (C=O) groups excluding carboxylic acids is 2. The van der Waals surface area contributed by atoms with E-state index in [0.29, 0.717) is 17.9 Å². The Hall–Kier alpha value is -3.74. The molecule has 154 valence electrons. The zero-order valence-electron chi connectivity index (χ0n) is 16.2. The highest BCUT2D eigenvalue weighted by Crippen LogP contribution is 2.18. The van der Waals surface area contributed by atoms with Crippen molar-refractivity contribution in [3.63, 3.8) is 0 Å². The minimum atomic E-state index is -0.879. The van der Waals surface area contributed by atoms with Crippen LogP contribution >= 0.6 is 0 Å². The van der Waals surface area contributed by atoms with E-state index < -0.39 is 29.6 Å². The number of ether oxygens (including phenoxy) is 1. The van der Waals surface area contributed by atoms with E-state index in [-0.39, 0.29) is 11.1 Å². The van der Waals surface area contributed by atoms with Crippen LogP contribution in [0.2, 0.25) is 0 Å². The van der Waals surface area contributed by atoms with E-state index in [4.69, 9.17) is 4.74 Å². The third-order valence-electron chi connectivity index (χ3n) is 4.29. The summed E-state index contributed by atoms with van der Waals surface area (Å²) in [5.41, 5.74) is 1.08. The highest BCUT2D eigenvalue weighted by Gasteiger charge is 2.19. The van der Waals surface area contributed by atoms with Gasteiger partial charge in [-0.3, -0.25) is 9.59 Å². The summed E-state index contributed by atoms with van der Waals surface area (Å²) in [4.78, 5) is 25.2. The van der Waals surface area contributed by atoms with Gasteiger partial charge in [-0.25, -0.2) is 8.78 Å². The fourth-order valence-electron chi connectivity index (χ4n) is 2.76. The number of carbonyl (C=O) groups is 2. The number of rotatable bonds is 7. The summed E-state index contributed by atoms with van der Waals surface area (Å²) >= 11 is 0. The quantitative estimate of drug-likeness (QED) is 0.573. The monoisotopic (exact) mass is 410 g/mol. The van der Waals surface area contributed by atoms with E-state index in [0.717, 1.165) is 0 Å². The summed E-state index contributed by atoms with van der Waals surface area (Å²) in [7, 11) is 0. The van der Waals surface area contributed by atoms with Crippen molar-refractivity contribution in [3.05, 3.63) is 101 Å². The van der Waals surface area contributed by atoms with Crippen LogP contribution in [0.1, 0.15) is 39.4 Å². The molecule has 0 aliphatic carbocycles. The van der Waals surface area contributed by atoms with Gasteiger partial charge in [-0.1, -0.05) is 12.1 Å². The third-order valence-corrected chi connectivity index (χ3v) is 4.29. The average molecular weight is 410 g/mol. The number of nitrogens with one attached hydrogen (secondary N) is 2. The van der Waals surface area contributed by atoms with Gasteiger partial charge in [0.1, 0.15) is 23.5 Å². The summed E-state index contributed by atoms with van der Waals surface area (Å²) in [6.45, 7) is 2.37. The highest BCUT2D eigenvalue weighted by molar-refractivity contribution is 5.96. The molecule has 0 unspecified atom stereocenters. The fraction of sp³-hybridized carbons (Fsp3) is 0.130. The van der Waals surface area contributed by atoms with Crippen molar-refractivity contribution in [1.29, 1.82) is 0 Å². The maximum atomic E-state index is 13.1. The molecule has 2 amide bonds. The van der Waals surface area contributed by atoms with Crippen LogP contribution in [0.3, 0.4) is 0 Å². The van der Waals surface area contributed by atoms with Crippen LogP contribution in [0.25, 0.3) is 0 Å². The lowest BCUT2D eigenvalue weighted by Gasteiger charge is -2.21. The lowest BCUT2D eigenvalue weighted by Crippen LogP contribution is -2.41. The molecule has 3 aromatic carbocycles. The van der Waals surface area contributed by atoms with E-state index >= 15 is 0 Å². The minimum absolute atomic E-state index is 0.239. The van der Waals surface area contributed by atoms with Crippen molar-refractivity contribution in [2.45, 2.75) is 13.1 Å². The second-order valence-corrected chi connectivity index (χ2v) is 6.40. The van der Waals surface area contributed by atoms with Crippen LogP contribution in [-0.4, -0.2) is 18.4 Å². The SMILES string of the molecule is CCOc1ccc(C(NC(=O)c2ccc(F)cc2)NC(=O)c2ccc(F)cc2)cc1. The zero-order valence-corrected chi connectivity index (χ0v) is 16.2. The number of amides is 2. The molecule has 0 radical (unpaired) electrons. The molecule has 5 nitrogen and oxygen atoms in total. The summed E-state index contributed by atoms with van der Waals surface area (Å²) in [6.07, 6.45) is -0.879. The first-order valence-electron chi connectivity index (χ1n) is 9.32. The Morgan fingerprint density at radius 1 is 0.767 bits per heavy atom. The maximum absolute atomic E-state index is 13.1. The molecule has 0 aromatic heterocycles. The van der Waals surface area contributed by atoms with E-state index in [9.17, 15) is 18.4 Å². The molecule has 0 saturated heterocycles.